The van der Waals surface area contributed by atoms with Crippen LogP contribution >= 0.6 is 11.6 Å². The predicted octanol–water partition coefficient (Wildman–Crippen LogP) is 1.21. The van der Waals surface area contributed by atoms with E-state index in [4.69, 9.17) is 16.3 Å². The molecular weight excluding hydrogens is 268 g/mol. The van der Waals surface area contributed by atoms with E-state index in [2.05, 4.69) is 5.32 Å². The maximum absolute atomic E-state index is 12.0. The molecule has 1 aliphatic heterocycles. The standard InChI is InChI=1S/C13H15ClN2O3/c1-19-8-12(17)15-9-6-13(18)16(7-9)11-5-3-2-4-10(11)14/h2-5,9H,6-8H2,1H3,(H,15,17)/t9-/m1/s1. The molecule has 1 aliphatic rings. The van der Waals surface area contributed by atoms with Gasteiger partial charge in [-0.05, 0) is 12.1 Å². The van der Waals surface area contributed by atoms with Crippen LogP contribution in [0.25, 0.3) is 0 Å². The highest BCUT2D eigenvalue weighted by Crippen LogP contribution is 2.28. The van der Waals surface area contributed by atoms with Gasteiger partial charge >= 0.3 is 0 Å². The monoisotopic (exact) mass is 282 g/mol. The van der Waals surface area contributed by atoms with E-state index in [1.165, 1.54) is 7.11 Å². The zero-order chi connectivity index (χ0) is 13.8. The van der Waals surface area contributed by atoms with Crippen molar-refractivity contribution in [1.82, 2.24) is 5.32 Å². The van der Waals surface area contributed by atoms with Gasteiger partial charge in [0, 0.05) is 20.1 Å². The molecule has 0 spiro atoms. The van der Waals surface area contributed by atoms with E-state index in [0.29, 0.717) is 17.3 Å². The molecule has 2 rings (SSSR count). The van der Waals surface area contributed by atoms with Gasteiger partial charge in [0.25, 0.3) is 0 Å². The van der Waals surface area contributed by atoms with Crippen LogP contribution in [0.2, 0.25) is 5.02 Å². The van der Waals surface area contributed by atoms with Crippen molar-refractivity contribution in [2.75, 3.05) is 25.2 Å². The van der Waals surface area contributed by atoms with Crippen LogP contribution in [0.15, 0.2) is 24.3 Å². The molecule has 1 fully saturated rings. The van der Waals surface area contributed by atoms with Crippen LogP contribution in [-0.2, 0) is 14.3 Å². The lowest BCUT2D eigenvalue weighted by atomic mass is 10.2. The Labute approximate surface area is 116 Å². The predicted molar refractivity (Wildman–Crippen MR) is 72.2 cm³/mol. The summed E-state index contributed by atoms with van der Waals surface area (Å²) in [6, 6.07) is 6.96. The van der Waals surface area contributed by atoms with Crippen molar-refractivity contribution in [3.63, 3.8) is 0 Å². The quantitative estimate of drug-likeness (QED) is 0.903. The third-order valence-corrected chi connectivity index (χ3v) is 3.23. The number of ether oxygens (including phenoxy) is 1. The molecule has 0 saturated carbocycles. The van der Waals surface area contributed by atoms with Gasteiger partial charge in [-0.2, -0.15) is 0 Å². The highest BCUT2D eigenvalue weighted by Gasteiger charge is 2.32. The second-order valence-corrected chi connectivity index (χ2v) is 4.76. The summed E-state index contributed by atoms with van der Waals surface area (Å²) in [5, 5.41) is 3.29. The van der Waals surface area contributed by atoms with Crippen molar-refractivity contribution >= 4 is 29.1 Å². The Morgan fingerprint density at radius 2 is 2.26 bits per heavy atom. The average Bonchev–Trinajstić information content (AvgIpc) is 2.71. The molecule has 1 aromatic carbocycles. The SMILES string of the molecule is COCC(=O)N[C@@H]1CC(=O)N(c2ccccc2Cl)C1. The molecule has 0 aliphatic carbocycles. The van der Waals surface area contributed by atoms with Crippen LogP contribution in [0, 0.1) is 0 Å². The van der Waals surface area contributed by atoms with Crippen LogP contribution < -0.4 is 10.2 Å². The van der Waals surface area contributed by atoms with E-state index in [1.807, 2.05) is 12.1 Å². The van der Waals surface area contributed by atoms with E-state index in [9.17, 15) is 9.59 Å². The first-order valence-electron chi connectivity index (χ1n) is 5.95. The zero-order valence-electron chi connectivity index (χ0n) is 10.6. The van der Waals surface area contributed by atoms with E-state index in [0.717, 1.165) is 0 Å². The van der Waals surface area contributed by atoms with Gasteiger partial charge < -0.3 is 15.0 Å². The molecular formula is C13H15ClN2O3. The summed E-state index contributed by atoms with van der Waals surface area (Å²) in [6.45, 7) is 0.425. The van der Waals surface area contributed by atoms with Crippen LogP contribution in [-0.4, -0.2) is 38.1 Å². The second-order valence-electron chi connectivity index (χ2n) is 4.36. The van der Waals surface area contributed by atoms with Gasteiger partial charge in [0.15, 0.2) is 0 Å². The number of amides is 2. The fourth-order valence-electron chi connectivity index (χ4n) is 2.11. The number of hydrogen-bond donors (Lipinski definition) is 1. The smallest absolute Gasteiger partial charge is 0.246 e. The number of carbonyl (C=O) groups excluding carboxylic acids is 2. The topological polar surface area (TPSA) is 58.6 Å². The number of hydrogen-bond acceptors (Lipinski definition) is 3. The highest BCUT2D eigenvalue weighted by molar-refractivity contribution is 6.33. The molecule has 0 aromatic heterocycles. The third kappa shape index (κ3) is 3.24. The fourth-order valence-corrected chi connectivity index (χ4v) is 2.35. The number of rotatable bonds is 4. The molecule has 19 heavy (non-hydrogen) atoms. The maximum Gasteiger partial charge on any atom is 0.246 e. The molecule has 2 amide bonds. The second kappa shape index (κ2) is 6.04. The fraction of sp³-hybridized carbons (Fsp3) is 0.385. The van der Waals surface area contributed by atoms with Gasteiger partial charge in [-0.25, -0.2) is 0 Å². The Kier molecular flexibility index (Phi) is 4.39. The lowest BCUT2D eigenvalue weighted by molar-refractivity contribution is -0.125. The number of benzene rings is 1. The Bertz CT molecular complexity index is 493. The minimum atomic E-state index is -0.221. The number of nitrogens with zero attached hydrogens (tertiary/aromatic N) is 1. The first-order valence-corrected chi connectivity index (χ1v) is 6.33. The molecule has 0 radical (unpaired) electrons. The summed E-state index contributed by atoms with van der Waals surface area (Å²) >= 11 is 6.07. The van der Waals surface area contributed by atoms with Gasteiger partial charge in [0.1, 0.15) is 6.61 Å². The Morgan fingerprint density at radius 3 is 2.95 bits per heavy atom. The average molecular weight is 283 g/mol. The summed E-state index contributed by atoms with van der Waals surface area (Å²) in [7, 11) is 1.45. The van der Waals surface area contributed by atoms with Crippen LogP contribution in [0.3, 0.4) is 0 Å². The van der Waals surface area contributed by atoms with Crippen molar-refractivity contribution in [3.8, 4) is 0 Å². The Morgan fingerprint density at radius 1 is 1.53 bits per heavy atom. The van der Waals surface area contributed by atoms with E-state index < -0.39 is 0 Å². The molecule has 0 bridgehead atoms. The normalized spacial score (nSPS) is 18.7. The van der Waals surface area contributed by atoms with Crippen LogP contribution in [0.5, 0.6) is 0 Å². The van der Waals surface area contributed by atoms with Crippen molar-refractivity contribution in [3.05, 3.63) is 29.3 Å². The maximum atomic E-state index is 12.0. The highest BCUT2D eigenvalue weighted by atomic mass is 35.5. The number of anilines is 1. The lowest BCUT2D eigenvalue weighted by Gasteiger charge is -2.18. The van der Waals surface area contributed by atoms with Crippen molar-refractivity contribution in [2.24, 2.45) is 0 Å². The molecule has 6 heteroatoms. The Hall–Kier alpha value is -1.59. The summed E-state index contributed by atoms with van der Waals surface area (Å²) in [5.41, 5.74) is 0.678. The zero-order valence-corrected chi connectivity index (χ0v) is 11.3. The van der Waals surface area contributed by atoms with E-state index in [-0.39, 0.29) is 30.9 Å². The van der Waals surface area contributed by atoms with Crippen molar-refractivity contribution < 1.29 is 14.3 Å². The number of methoxy groups -OCH3 is 1. The van der Waals surface area contributed by atoms with Gasteiger partial charge in [-0.3, -0.25) is 9.59 Å². The summed E-state index contributed by atoms with van der Waals surface area (Å²) in [5.74, 6) is -0.267. The minimum absolute atomic E-state index is 0.00319. The molecule has 1 heterocycles. The number of halogens is 1. The molecule has 1 aromatic rings. The molecule has 1 atom stereocenters. The summed E-state index contributed by atoms with van der Waals surface area (Å²) in [4.78, 5) is 25.0. The van der Waals surface area contributed by atoms with E-state index in [1.54, 1.807) is 17.0 Å². The first-order chi connectivity index (χ1) is 9.11. The van der Waals surface area contributed by atoms with Gasteiger partial charge in [-0.15, -0.1) is 0 Å². The van der Waals surface area contributed by atoms with Gasteiger partial charge in [0.2, 0.25) is 11.8 Å². The van der Waals surface area contributed by atoms with E-state index >= 15 is 0 Å². The van der Waals surface area contributed by atoms with Crippen LogP contribution in [0.1, 0.15) is 6.42 Å². The first kappa shape index (κ1) is 13.8. The van der Waals surface area contributed by atoms with Crippen molar-refractivity contribution in [2.45, 2.75) is 12.5 Å². The molecule has 1 saturated heterocycles. The number of para-hydroxylation sites is 1. The summed E-state index contributed by atoms with van der Waals surface area (Å²) < 4.78 is 4.74. The number of nitrogens with one attached hydrogen (secondary N) is 1. The molecule has 1 N–H and O–H groups in total. The molecule has 5 nitrogen and oxygen atoms in total. The van der Waals surface area contributed by atoms with Gasteiger partial charge in [-0.1, -0.05) is 23.7 Å². The van der Waals surface area contributed by atoms with Gasteiger partial charge in [0.05, 0.1) is 16.8 Å². The van der Waals surface area contributed by atoms with Crippen molar-refractivity contribution in [1.29, 1.82) is 0 Å². The minimum Gasteiger partial charge on any atom is -0.375 e. The third-order valence-electron chi connectivity index (χ3n) is 2.91. The molecule has 102 valence electrons. The Balaban J connectivity index is 2.04. The molecule has 0 unspecified atom stereocenters. The lowest BCUT2D eigenvalue weighted by Crippen LogP contribution is -2.39. The van der Waals surface area contributed by atoms with Crippen LogP contribution in [0.4, 0.5) is 5.69 Å². The largest absolute Gasteiger partial charge is 0.375 e. The summed E-state index contributed by atoms with van der Waals surface area (Å²) in [6.07, 6.45) is 0.278. The number of carbonyl (C=O) groups is 2.